The highest BCUT2D eigenvalue weighted by Crippen LogP contribution is 2.39. The van der Waals surface area contributed by atoms with Gasteiger partial charge in [-0.25, -0.2) is 13.2 Å². The molecular formula is C14H20N2O4S. The summed E-state index contributed by atoms with van der Waals surface area (Å²) in [5.74, 6) is -0.656. The number of nitrogens with zero attached hydrogens (tertiary/aromatic N) is 1. The number of hydrogen-bond donors (Lipinski definition) is 2. The van der Waals surface area contributed by atoms with E-state index < -0.39 is 16.0 Å². The number of rotatable bonds is 6. The van der Waals surface area contributed by atoms with Crippen LogP contribution in [0.3, 0.4) is 0 Å². The maximum absolute atomic E-state index is 13.0. The molecule has 2 fully saturated rings. The van der Waals surface area contributed by atoms with E-state index in [0.29, 0.717) is 23.7 Å². The Morgan fingerprint density at radius 1 is 1.29 bits per heavy atom. The molecule has 0 atom stereocenters. The minimum absolute atomic E-state index is 0.0340. The Kier molecular flexibility index (Phi) is 3.37. The second-order valence-corrected chi connectivity index (χ2v) is 7.96. The highest BCUT2D eigenvalue weighted by molar-refractivity contribution is 7.89. The lowest BCUT2D eigenvalue weighted by Gasteiger charge is -2.22. The normalized spacial score (nSPS) is 19.2. The third-order valence-electron chi connectivity index (χ3n) is 4.24. The third-order valence-corrected chi connectivity index (χ3v) is 6.43. The van der Waals surface area contributed by atoms with Gasteiger partial charge in [0, 0.05) is 23.8 Å². The topological polar surface area (TPSA) is 90.5 Å². The summed E-state index contributed by atoms with van der Waals surface area (Å²) >= 11 is 0. The van der Waals surface area contributed by atoms with Gasteiger partial charge in [0.25, 0.3) is 0 Å². The monoisotopic (exact) mass is 312 g/mol. The Bertz CT molecular complexity index is 684. The average Bonchev–Trinajstić information content (AvgIpc) is 3.25. The van der Waals surface area contributed by atoms with Crippen LogP contribution in [-0.2, 0) is 10.0 Å². The Morgan fingerprint density at radius 2 is 1.90 bits per heavy atom. The maximum atomic E-state index is 13.0. The van der Waals surface area contributed by atoms with Crippen LogP contribution in [0.5, 0.6) is 0 Å². The number of H-pyrrole nitrogens is 1. The second kappa shape index (κ2) is 4.84. The molecule has 0 aromatic carbocycles. The van der Waals surface area contributed by atoms with Crippen LogP contribution in [-0.4, -0.2) is 41.4 Å². The van der Waals surface area contributed by atoms with Crippen molar-refractivity contribution in [2.75, 3.05) is 6.54 Å². The molecule has 0 radical (unpaired) electrons. The molecule has 6 nitrogen and oxygen atoms in total. The maximum Gasteiger partial charge on any atom is 0.352 e. The van der Waals surface area contributed by atoms with E-state index in [1.54, 1.807) is 18.2 Å². The van der Waals surface area contributed by atoms with E-state index in [9.17, 15) is 13.2 Å². The van der Waals surface area contributed by atoms with Gasteiger partial charge in [0.15, 0.2) is 0 Å². The molecule has 0 amide bonds. The predicted molar refractivity (Wildman–Crippen MR) is 76.9 cm³/mol. The number of aromatic carboxylic acids is 1. The Labute approximate surface area is 124 Å². The molecule has 2 saturated carbocycles. The summed E-state index contributed by atoms with van der Waals surface area (Å²) in [6.45, 7) is 3.75. The van der Waals surface area contributed by atoms with E-state index in [4.69, 9.17) is 5.11 Å². The first kappa shape index (κ1) is 14.6. The molecule has 0 saturated heterocycles. The first-order chi connectivity index (χ1) is 9.82. The number of carboxylic acid groups (broad SMARTS) is 1. The molecular weight excluding hydrogens is 292 g/mol. The van der Waals surface area contributed by atoms with Gasteiger partial charge in [-0.3, -0.25) is 0 Å². The first-order valence-electron chi connectivity index (χ1n) is 7.26. The van der Waals surface area contributed by atoms with Crippen molar-refractivity contribution in [2.24, 2.45) is 5.92 Å². The fourth-order valence-electron chi connectivity index (χ4n) is 2.81. The molecule has 1 aromatic heterocycles. The fraction of sp³-hybridized carbons (Fsp3) is 0.643. The van der Waals surface area contributed by atoms with Gasteiger partial charge >= 0.3 is 5.97 Å². The number of hydrogen-bond acceptors (Lipinski definition) is 3. The lowest BCUT2D eigenvalue weighted by atomic mass is 10.2. The number of nitrogens with one attached hydrogen (secondary N) is 1. The third kappa shape index (κ3) is 2.60. The molecule has 2 N–H and O–H groups in total. The number of carboxylic acids is 1. The van der Waals surface area contributed by atoms with Crippen LogP contribution < -0.4 is 0 Å². The van der Waals surface area contributed by atoms with Crippen molar-refractivity contribution in [3.8, 4) is 0 Å². The van der Waals surface area contributed by atoms with Crippen molar-refractivity contribution in [2.45, 2.75) is 50.5 Å². The van der Waals surface area contributed by atoms with Crippen LogP contribution in [0.1, 0.15) is 47.4 Å². The van der Waals surface area contributed by atoms with E-state index in [-0.39, 0.29) is 16.6 Å². The smallest absolute Gasteiger partial charge is 0.352 e. The van der Waals surface area contributed by atoms with Crippen molar-refractivity contribution in [1.82, 2.24) is 9.29 Å². The van der Waals surface area contributed by atoms with Crippen molar-refractivity contribution in [1.29, 1.82) is 0 Å². The van der Waals surface area contributed by atoms with E-state index >= 15 is 0 Å². The van der Waals surface area contributed by atoms with Gasteiger partial charge in [0.05, 0.1) is 0 Å². The van der Waals surface area contributed by atoms with Gasteiger partial charge < -0.3 is 10.1 Å². The largest absolute Gasteiger partial charge is 0.477 e. The van der Waals surface area contributed by atoms with Crippen LogP contribution in [0, 0.1) is 19.8 Å². The van der Waals surface area contributed by atoms with Crippen LogP contribution >= 0.6 is 0 Å². The van der Waals surface area contributed by atoms with E-state index in [1.165, 1.54) is 0 Å². The molecule has 1 aromatic rings. The zero-order valence-corrected chi connectivity index (χ0v) is 13.0. The van der Waals surface area contributed by atoms with Gasteiger partial charge in [0.2, 0.25) is 10.0 Å². The van der Waals surface area contributed by atoms with E-state index in [1.807, 2.05) is 0 Å². The highest BCUT2D eigenvalue weighted by Gasteiger charge is 2.43. The fourth-order valence-corrected chi connectivity index (χ4v) is 4.98. The Morgan fingerprint density at radius 3 is 2.33 bits per heavy atom. The molecule has 7 heteroatoms. The summed E-state index contributed by atoms with van der Waals surface area (Å²) in [5.41, 5.74) is 0.682. The molecule has 1 heterocycles. The number of aromatic nitrogens is 1. The van der Waals surface area contributed by atoms with Crippen LogP contribution in [0.15, 0.2) is 4.90 Å². The van der Waals surface area contributed by atoms with Crippen molar-refractivity contribution >= 4 is 16.0 Å². The molecule has 21 heavy (non-hydrogen) atoms. The number of carbonyl (C=O) groups is 1. The summed E-state index contributed by atoms with van der Waals surface area (Å²) in [6, 6.07) is 0.0950. The first-order valence-corrected chi connectivity index (χ1v) is 8.70. The lowest BCUT2D eigenvalue weighted by molar-refractivity contribution is 0.0690. The van der Waals surface area contributed by atoms with Crippen molar-refractivity contribution in [3.05, 3.63) is 17.0 Å². The summed E-state index contributed by atoms with van der Waals surface area (Å²) in [7, 11) is -3.63. The molecule has 0 aliphatic heterocycles. The molecule has 0 spiro atoms. The van der Waals surface area contributed by atoms with Crippen LogP contribution in [0.2, 0.25) is 0 Å². The van der Waals surface area contributed by atoms with Crippen molar-refractivity contribution in [3.63, 3.8) is 0 Å². The molecule has 0 unspecified atom stereocenters. The average molecular weight is 312 g/mol. The summed E-state index contributed by atoms with van der Waals surface area (Å²) in [5, 5.41) is 9.15. The molecule has 2 aliphatic carbocycles. The van der Waals surface area contributed by atoms with Gasteiger partial charge in [-0.15, -0.1) is 0 Å². The zero-order valence-electron chi connectivity index (χ0n) is 12.2. The zero-order chi connectivity index (χ0) is 15.4. The van der Waals surface area contributed by atoms with Crippen LogP contribution in [0.4, 0.5) is 0 Å². The van der Waals surface area contributed by atoms with Gasteiger partial charge in [-0.05, 0) is 45.4 Å². The second-order valence-electron chi connectivity index (χ2n) is 6.13. The van der Waals surface area contributed by atoms with Crippen LogP contribution in [0.25, 0.3) is 0 Å². The minimum atomic E-state index is -3.63. The Balaban J connectivity index is 2.02. The molecule has 2 aliphatic rings. The summed E-state index contributed by atoms with van der Waals surface area (Å²) < 4.78 is 27.5. The van der Waals surface area contributed by atoms with Gasteiger partial charge in [0.1, 0.15) is 10.6 Å². The Hall–Kier alpha value is -1.34. The SMILES string of the molecule is Cc1[nH]c(C(=O)O)c(C)c1S(=O)(=O)N(CC1CC1)C1CC1. The van der Waals surface area contributed by atoms with E-state index in [0.717, 1.165) is 25.7 Å². The molecule has 0 bridgehead atoms. The minimum Gasteiger partial charge on any atom is -0.477 e. The summed E-state index contributed by atoms with van der Waals surface area (Å²) in [6.07, 6.45) is 3.98. The lowest BCUT2D eigenvalue weighted by Crippen LogP contribution is -2.35. The number of aryl methyl sites for hydroxylation is 1. The van der Waals surface area contributed by atoms with E-state index in [2.05, 4.69) is 4.98 Å². The molecule has 3 rings (SSSR count). The highest BCUT2D eigenvalue weighted by atomic mass is 32.2. The standard InChI is InChI=1S/C14H20N2O4S/c1-8-12(14(17)18)15-9(2)13(8)21(19,20)16(11-5-6-11)7-10-3-4-10/h10-11,15H,3-7H2,1-2H3,(H,17,18). The summed E-state index contributed by atoms with van der Waals surface area (Å²) in [4.78, 5) is 14.0. The van der Waals surface area contributed by atoms with Gasteiger partial charge in [-0.2, -0.15) is 4.31 Å². The van der Waals surface area contributed by atoms with Gasteiger partial charge in [-0.1, -0.05) is 0 Å². The van der Waals surface area contributed by atoms with Crippen molar-refractivity contribution < 1.29 is 18.3 Å². The number of aromatic amines is 1. The quantitative estimate of drug-likeness (QED) is 0.839. The predicted octanol–water partition coefficient (Wildman–Crippen LogP) is 1.89. The molecule has 116 valence electrons. The number of sulfonamides is 1.